The summed E-state index contributed by atoms with van der Waals surface area (Å²) in [6, 6.07) is 2.01. The molecular formula is C13H15F4NO2S. The van der Waals surface area contributed by atoms with Gasteiger partial charge in [0, 0.05) is 17.9 Å². The zero-order chi connectivity index (χ0) is 16.3. The van der Waals surface area contributed by atoms with Gasteiger partial charge in [-0.25, -0.2) is 4.39 Å². The lowest BCUT2D eigenvalue weighted by molar-refractivity contribution is -0.140. The second-order valence-electron chi connectivity index (χ2n) is 4.81. The topological polar surface area (TPSA) is 49.3 Å². The fourth-order valence-corrected chi connectivity index (χ4v) is 2.34. The van der Waals surface area contributed by atoms with Crippen LogP contribution in [-0.2, 0) is 6.18 Å². The average Bonchev–Trinajstić information content (AvgIpc) is 2.35. The molecule has 0 heterocycles. The van der Waals surface area contributed by atoms with E-state index in [9.17, 15) is 27.5 Å². The molecule has 3 nitrogen and oxygen atoms in total. The quantitative estimate of drug-likeness (QED) is 0.819. The normalized spacial score (nSPS) is 14.6. The third kappa shape index (κ3) is 5.20. The van der Waals surface area contributed by atoms with E-state index in [4.69, 9.17) is 0 Å². The molecule has 1 rings (SSSR count). The van der Waals surface area contributed by atoms with Crippen molar-refractivity contribution in [3.05, 3.63) is 35.1 Å². The molecule has 1 atom stereocenters. The Balaban J connectivity index is 2.85. The number of thioether (sulfide) groups is 1. The molecule has 21 heavy (non-hydrogen) atoms. The highest BCUT2D eigenvalue weighted by Gasteiger charge is 2.34. The number of aliphatic hydroxyl groups is 1. The summed E-state index contributed by atoms with van der Waals surface area (Å²) in [5.74, 6) is -1.89. The number of halogens is 4. The third-order valence-corrected chi connectivity index (χ3v) is 3.53. The van der Waals surface area contributed by atoms with E-state index in [-0.39, 0.29) is 12.1 Å². The molecule has 0 saturated heterocycles. The van der Waals surface area contributed by atoms with Gasteiger partial charge in [0.2, 0.25) is 0 Å². The molecule has 0 spiro atoms. The average molecular weight is 325 g/mol. The van der Waals surface area contributed by atoms with Crippen molar-refractivity contribution in [3.63, 3.8) is 0 Å². The minimum absolute atomic E-state index is 0.120. The van der Waals surface area contributed by atoms with Gasteiger partial charge in [0.1, 0.15) is 5.82 Å². The van der Waals surface area contributed by atoms with Crippen LogP contribution in [0.4, 0.5) is 17.6 Å². The first-order valence-corrected chi connectivity index (χ1v) is 7.32. The summed E-state index contributed by atoms with van der Waals surface area (Å²) in [5.41, 5.74) is -2.99. The van der Waals surface area contributed by atoms with Crippen molar-refractivity contribution in [2.45, 2.75) is 18.7 Å². The molecule has 1 unspecified atom stereocenters. The van der Waals surface area contributed by atoms with Gasteiger partial charge in [-0.1, -0.05) is 0 Å². The van der Waals surface area contributed by atoms with Crippen molar-refractivity contribution < 1.29 is 27.5 Å². The first kappa shape index (κ1) is 17.8. The molecular weight excluding hydrogens is 310 g/mol. The summed E-state index contributed by atoms with van der Waals surface area (Å²) in [6.45, 7) is 1.38. The Hall–Kier alpha value is -1.28. The second kappa shape index (κ2) is 6.65. The fourth-order valence-electron chi connectivity index (χ4n) is 1.62. The molecule has 118 valence electrons. The van der Waals surface area contributed by atoms with E-state index in [1.165, 1.54) is 18.7 Å². The van der Waals surface area contributed by atoms with Crippen LogP contribution in [0.1, 0.15) is 22.8 Å². The molecule has 0 radical (unpaired) electrons. The Morgan fingerprint density at radius 1 is 1.38 bits per heavy atom. The van der Waals surface area contributed by atoms with E-state index in [1.807, 2.05) is 0 Å². The lowest BCUT2D eigenvalue weighted by Crippen LogP contribution is -2.42. The first-order chi connectivity index (χ1) is 9.57. The van der Waals surface area contributed by atoms with Gasteiger partial charge in [0.15, 0.2) is 0 Å². The van der Waals surface area contributed by atoms with Crippen LogP contribution in [0.25, 0.3) is 0 Å². The highest BCUT2D eigenvalue weighted by atomic mass is 32.2. The van der Waals surface area contributed by atoms with E-state index < -0.39 is 29.1 Å². The number of carbonyl (C=O) groups excluding carboxylic acids is 1. The van der Waals surface area contributed by atoms with Crippen LogP contribution in [0.3, 0.4) is 0 Å². The van der Waals surface area contributed by atoms with Crippen molar-refractivity contribution in [1.29, 1.82) is 0 Å². The lowest BCUT2D eigenvalue weighted by Gasteiger charge is -2.22. The minimum atomic E-state index is -4.87. The van der Waals surface area contributed by atoms with Gasteiger partial charge in [0.25, 0.3) is 5.91 Å². The Kier molecular flexibility index (Phi) is 5.63. The van der Waals surface area contributed by atoms with Gasteiger partial charge in [0.05, 0.1) is 11.2 Å². The third-order valence-electron chi connectivity index (χ3n) is 2.62. The molecule has 0 aliphatic heterocycles. The van der Waals surface area contributed by atoms with Gasteiger partial charge < -0.3 is 10.4 Å². The molecule has 0 aliphatic rings. The molecule has 8 heteroatoms. The van der Waals surface area contributed by atoms with E-state index in [1.54, 1.807) is 6.26 Å². The standard InChI is InChI=1S/C13H15F4NO2S/c1-12(20,7-21-2)6-18-11(19)8-3-4-10(14)9(5-8)13(15,16)17/h3-5,20H,6-7H2,1-2H3,(H,18,19). The summed E-state index contributed by atoms with van der Waals surface area (Å²) in [4.78, 5) is 11.8. The van der Waals surface area contributed by atoms with Crippen LogP contribution in [0.2, 0.25) is 0 Å². The van der Waals surface area contributed by atoms with Crippen molar-refractivity contribution in [3.8, 4) is 0 Å². The van der Waals surface area contributed by atoms with Gasteiger partial charge in [-0.3, -0.25) is 4.79 Å². The maximum Gasteiger partial charge on any atom is 0.419 e. The number of amides is 1. The van der Waals surface area contributed by atoms with Crippen LogP contribution in [0, 0.1) is 5.82 Å². The predicted octanol–water partition coefficient (Wildman–Crippen LogP) is 2.69. The van der Waals surface area contributed by atoms with E-state index in [0.717, 1.165) is 6.07 Å². The van der Waals surface area contributed by atoms with Crippen molar-refractivity contribution in [2.24, 2.45) is 0 Å². The van der Waals surface area contributed by atoms with Gasteiger partial charge in [-0.2, -0.15) is 24.9 Å². The fraction of sp³-hybridized carbons (Fsp3) is 0.462. The van der Waals surface area contributed by atoms with E-state index >= 15 is 0 Å². The molecule has 0 saturated carbocycles. The Labute approximate surface area is 123 Å². The SMILES string of the molecule is CSCC(C)(O)CNC(=O)c1ccc(F)c(C(F)(F)F)c1. The smallest absolute Gasteiger partial charge is 0.387 e. The van der Waals surface area contributed by atoms with Crippen molar-refractivity contribution >= 4 is 17.7 Å². The molecule has 1 aromatic carbocycles. The summed E-state index contributed by atoms with van der Waals surface area (Å²) < 4.78 is 50.8. The van der Waals surface area contributed by atoms with Gasteiger partial charge >= 0.3 is 6.18 Å². The molecule has 0 fully saturated rings. The number of benzene rings is 1. The van der Waals surface area contributed by atoms with Crippen LogP contribution >= 0.6 is 11.8 Å². The zero-order valence-electron chi connectivity index (χ0n) is 11.4. The summed E-state index contributed by atoms with van der Waals surface area (Å²) >= 11 is 1.36. The van der Waals surface area contributed by atoms with Crippen LogP contribution in [-0.4, -0.2) is 35.2 Å². The Morgan fingerprint density at radius 2 is 2.00 bits per heavy atom. The minimum Gasteiger partial charge on any atom is -0.387 e. The number of alkyl halides is 3. The highest BCUT2D eigenvalue weighted by molar-refractivity contribution is 7.98. The highest BCUT2D eigenvalue weighted by Crippen LogP contribution is 2.31. The number of hydrogen-bond acceptors (Lipinski definition) is 3. The molecule has 0 aliphatic carbocycles. The molecule has 1 amide bonds. The Bertz CT molecular complexity index is 517. The van der Waals surface area contributed by atoms with Crippen LogP contribution in [0.15, 0.2) is 18.2 Å². The van der Waals surface area contributed by atoms with Crippen LogP contribution < -0.4 is 5.32 Å². The van der Waals surface area contributed by atoms with Crippen molar-refractivity contribution in [1.82, 2.24) is 5.32 Å². The molecule has 1 aromatic rings. The maximum absolute atomic E-state index is 13.1. The van der Waals surface area contributed by atoms with E-state index in [2.05, 4.69) is 5.32 Å². The molecule has 0 aromatic heterocycles. The molecule has 0 bridgehead atoms. The maximum atomic E-state index is 13.1. The number of nitrogens with one attached hydrogen (secondary N) is 1. The predicted molar refractivity (Wildman–Crippen MR) is 72.7 cm³/mol. The lowest BCUT2D eigenvalue weighted by atomic mass is 10.1. The summed E-state index contributed by atoms with van der Waals surface area (Å²) in [5, 5.41) is 12.2. The number of carbonyl (C=O) groups is 1. The number of rotatable bonds is 5. The van der Waals surface area contributed by atoms with Crippen LogP contribution in [0.5, 0.6) is 0 Å². The van der Waals surface area contributed by atoms with Gasteiger partial charge in [-0.05, 0) is 31.4 Å². The monoisotopic (exact) mass is 325 g/mol. The summed E-state index contributed by atoms with van der Waals surface area (Å²) in [6.07, 6.45) is -3.10. The van der Waals surface area contributed by atoms with Crippen molar-refractivity contribution in [2.75, 3.05) is 18.6 Å². The van der Waals surface area contributed by atoms with E-state index in [0.29, 0.717) is 17.9 Å². The summed E-state index contributed by atoms with van der Waals surface area (Å²) in [7, 11) is 0. The first-order valence-electron chi connectivity index (χ1n) is 5.93. The largest absolute Gasteiger partial charge is 0.419 e. The second-order valence-corrected chi connectivity index (χ2v) is 5.67. The Morgan fingerprint density at radius 3 is 2.52 bits per heavy atom. The molecule has 2 N–H and O–H groups in total. The van der Waals surface area contributed by atoms with Gasteiger partial charge in [-0.15, -0.1) is 0 Å². The zero-order valence-corrected chi connectivity index (χ0v) is 12.2. The number of hydrogen-bond donors (Lipinski definition) is 2.